The maximum atomic E-state index is 11.4. The molecule has 0 atom stereocenters. The summed E-state index contributed by atoms with van der Waals surface area (Å²) in [6, 6.07) is 1.62. The number of rotatable bonds is 4. The van der Waals surface area contributed by atoms with Crippen molar-refractivity contribution in [3.8, 4) is 0 Å². The summed E-state index contributed by atoms with van der Waals surface area (Å²) in [5.41, 5.74) is 5.89. The standard InChI is InChI=1S/C9H12N2O3S/c1-2-11-7(12)5-14-9(13)8-6(10)3-4-15-8/h3-4H,2,5,10H2,1H3,(H,11,12). The largest absolute Gasteiger partial charge is 0.451 e. The molecule has 0 fully saturated rings. The van der Waals surface area contributed by atoms with Gasteiger partial charge in [-0.05, 0) is 18.4 Å². The summed E-state index contributed by atoms with van der Waals surface area (Å²) in [6.07, 6.45) is 0. The molecule has 0 aliphatic rings. The molecular weight excluding hydrogens is 216 g/mol. The summed E-state index contributed by atoms with van der Waals surface area (Å²) in [5, 5.41) is 4.21. The van der Waals surface area contributed by atoms with Gasteiger partial charge in [-0.2, -0.15) is 0 Å². The van der Waals surface area contributed by atoms with Crippen LogP contribution in [0.5, 0.6) is 0 Å². The molecule has 1 aromatic heterocycles. The molecule has 0 aliphatic carbocycles. The van der Waals surface area contributed by atoms with Crippen LogP contribution in [0.25, 0.3) is 0 Å². The van der Waals surface area contributed by atoms with Crippen LogP contribution in [0.1, 0.15) is 16.6 Å². The lowest BCUT2D eigenvalue weighted by molar-refractivity contribution is -0.124. The Kier molecular flexibility index (Phi) is 4.11. The van der Waals surface area contributed by atoms with Crippen LogP contribution in [0.15, 0.2) is 11.4 Å². The number of amides is 1. The second-order valence-electron chi connectivity index (χ2n) is 2.73. The predicted octanol–water partition coefficient (Wildman–Crippen LogP) is 0.623. The number of esters is 1. The van der Waals surface area contributed by atoms with Gasteiger partial charge in [0.05, 0.1) is 5.69 Å². The predicted molar refractivity (Wildman–Crippen MR) is 57.7 cm³/mol. The molecular formula is C9H12N2O3S. The fraction of sp³-hybridized carbons (Fsp3) is 0.333. The van der Waals surface area contributed by atoms with Crippen LogP contribution in [0.4, 0.5) is 5.69 Å². The molecule has 5 nitrogen and oxygen atoms in total. The lowest BCUT2D eigenvalue weighted by Crippen LogP contribution is -2.28. The number of ether oxygens (including phenoxy) is 1. The first kappa shape index (κ1) is 11.5. The SMILES string of the molecule is CCNC(=O)COC(=O)c1sccc1N. The molecule has 15 heavy (non-hydrogen) atoms. The van der Waals surface area contributed by atoms with E-state index < -0.39 is 5.97 Å². The van der Waals surface area contributed by atoms with E-state index in [1.54, 1.807) is 18.4 Å². The van der Waals surface area contributed by atoms with Crippen LogP contribution < -0.4 is 11.1 Å². The Morgan fingerprint density at radius 2 is 2.33 bits per heavy atom. The van der Waals surface area contributed by atoms with E-state index in [-0.39, 0.29) is 12.5 Å². The third-order valence-electron chi connectivity index (χ3n) is 1.59. The third-order valence-corrected chi connectivity index (χ3v) is 2.50. The second-order valence-corrected chi connectivity index (χ2v) is 3.65. The van der Waals surface area contributed by atoms with Gasteiger partial charge in [0.15, 0.2) is 6.61 Å². The first-order chi connectivity index (χ1) is 7.15. The Hall–Kier alpha value is -1.56. The number of hydrogen-bond donors (Lipinski definition) is 2. The molecule has 0 unspecified atom stereocenters. The molecule has 0 bridgehead atoms. The van der Waals surface area contributed by atoms with Gasteiger partial charge in [-0.15, -0.1) is 11.3 Å². The molecule has 3 N–H and O–H groups in total. The van der Waals surface area contributed by atoms with Crippen molar-refractivity contribution in [2.24, 2.45) is 0 Å². The maximum Gasteiger partial charge on any atom is 0.350 e. The lowest BCUT2D eigenvalue weighted by atomic mass is 10.4. The highest BCUT2D eigenvalue weighted by Gasteiger charge is 2.13. The number of anilines is 1. The molecule has 1 amide bonds. The molecule has 0 saturated carbocycles. The van der Waals surface area contributed by atoms with Crippen LogP contribution >= 0.6 is 11.3 Å². The minimum absolute atomic E-state index is 0.274. The van der Waals surface area contributed by atoms with Crippen LogP contribution in [0.2, 0.25) is 0 Å². The molecule has 0 spiro atoms. The average molecular weight is 228 g/mol. The van der Waals surface area contributed by atoms with E-state index >= 15 is 0 Å². The Bertz CT molecular complexity index is 362. The number of likely N-dealkylation sites (N-methyl/N-ethyl adjacent to an activating group) is 1. The van der Waals surface area contributed by atoms with Gasteiger partial charge in [-0.25, -0.2) is 4.79 Å². The summed E-state index contributed by atoms with van der Waals surface area (Å²) >= 11 is 1.19. The Morgan fingerprint density at radius 3 is 2.87 bits per heavy atom. The van der Waals surface area contributed by atoms with Gasteiger partial charge in [0.2, 0.25) is 0 Å². The zero-order valence-corrected chi connectivity index (χ0v) is 9.10. The number of nitrogen functional groups attached to an aromatic ring is 1. The van der Waals surface area contributed by atoms with Crippen molar-refractivity contribution in [1.82, 2.24) is 5.32 Å². The smallest absolute Gasteiger partial charge is 0.350 e. The summed E-state index contributed by atoms with van der Waals surface area (Å²) in [4.78, 5) is 22.7. The minimum Gasteiger partial charge on any atom is -0.451 e. The van der Waals surface area contributed by atoms with Gasteiger partial charge in [0.1, 0.15) is 4.88 Å². The first-order valence-corrected chi connectivity index (χ1v) is 5.30. The molecule has 6 heteroatoms. The zero-order chi connectivity index (χ0) is 11.3. The summed E-state index contributed by atoms with van der Waals surface area (Å²) in [6.45, 7) is 2.03. The first-order valence-electron chi connectivity index (χ1n) is 4.42. The molecule has 82 valence electrons. The van der Waals surface area contributed by atoms with Crippen LogP contribution in [-0.2, 0) is 9.53 Å². The fourth-order valence-electron chi connectivity index (χ4n) is 0.930. The monoisotopic (exact) mass is 228 g/mol. The maximum absolute atomic E-state index is 11.4. The van der Waals surface area contributed by atoms with E-state index in [1.165, 1.54) is 11.3 Å². The van der Waals surface area contributed by atoms with Crippen molar-refractivity contribution in [2.45, 2.75) is 6.92 Å². The quantitative estimate of drug-likeness (QED) is 0.740. The van der Waals surface area contributed by atoms with Crippen molar-refractivity contribution >= 4 is 28.9 Å². The van der Waals surface area contributed by atoms with Crippen molar-refractivity contribution in [2.75, 3.05) is 18.9 Å². The van der Waals surface area contributed by atoms with Crippen LogP contribution in [-0.4, -0.2) is 25.0 Å². The average Bonchev–Trinajstić information content (AvgIpc) is 2.61. The van der Waals surface area contributed by atoms with Gasteiger partial charge >= 0.3 is 5.97 Å². The fourth-order valence-corrected chi connectivity index (χ4v) is 1.64. The number of thiophene rings is 1. The zero-order valence-electron chi connectivity index (χ0n) is 8.28. The summed E-state index contributed by atoms with van der Waals surface area (Å²) in [5.74, 6) is -0.880. The Balaban J connectivity index is 2.44. The molecule has 1 rings (SSSR count). The highest BCUT2D eigenvalue weighted by atomic mass is 32.1. The van der Waals surface area contributed by atoms with E-state index in [2.05, 4.69) is 5.32 Å². The lowest BCUT2D eigenvalue weighted by Gasteiger charge is -2.03. The molecule has 1 heterocycles. The molecule has 0 aromatic carbocycles. The number of nitrogens with two attached hydrogens (primary N) is 1. The summed E-state index contributed by atoms with van der Waals surface area (Å²) < 4.78 is 4.76. The third kappa shape index (κ3) is 3.25. The van der Waals surface area contributed by atoms with Gasteiger partial charge < -0.3 is 15.8 Å². The molecule has 1 aromatic rings. The number of carbonyl (C=O) groups is 2. The van der Waals surface area contributed by atoms with E-state index in [4.69, 9.17) is 10.5 Å². The van der Waals surface area contributed by atoms with Crippen LogP contribution in [0, 0.1) is 0 Å². The topological polar surface area (TPSA) is 81.4 Å². The van der Waals surface area contributed by atoms with Gasteiger partial charge in [0.25, 0.3) is 5.91 Å². The van der Waals surface area contributed by atoms with Crippen molar-refractivity contribution < 1.29 is 14.3 Å². The van der Waals surface area contributed by atoms with Gasteiger partial charge in [-0.3, -0.25) is 4.79 Å². The number of hydrogen-bond acceptors (Lipinski definition) is 5. The second kappa shape index (κ2) is 5.35. The van der Waals surface area contributed by atoms with E-state index in [0.29, 0.717) is 17.1 Å². The van der Waals surface area contributed by atoms with Crippen LogP contribution in [0.3, 0.4) is 0 Å². The minimum atomic E-state index is -0.561. The van der Waals surface area contributed by atoms with Crippen molar-refractivity contribution in [3.63, 3.8) is 0 Å². The van der Waals surface area contributed by atoms with E-state index in [1.807, 2.05) is 0 Å². The molecule has 0 saturated heterocycles. The summed E-state index contributed by atoms with van der Waals surface area (Å²) in [7, 11) is 0. The molecule has 0 radical (unpaired) electrons. The van der Waals surface area contributed by atoms with Gasteiger partial charge in [0, 0.05) is 6.54 Å². The van der Waals surface area contributed by atoms with Crippen molar-refractivity contribution in [1.29, 1.82) is 0 Å². The normalized spacial score (nSPS) is 9.67. The van der Waals surface area contributed by atoms with E-state index in [0.717, 1.165) is 0 Å². The molecule has 0 aliphatic heterocycles. The highest BCUT2D eigenvalue weighted by molar-refractivity contribution is 7.12. The number of carbonyl (C=O) groups excluding carboxylic acids is 2. The van der Waals surface area contributed by atoms with Gasteiger partial charge in [-0.1, -0.05) is 0 Å². The Morgan fingerprint density at radius 1 is 1.60 bits per heavy atom. The Labute approximate surface area is 91.2 Å². The highest BCUT2D eigenvalue weighted by Crippen LogP contribution is 2.19. The van der Waals surface area contributed by atoms with E-state index in [9.17, 15) is 9.59 Å². The number of nitrogens with one attached hydrogen (secondary N) is 1. The van der Waals surface area contributed by atoms with Crippen molar-refractivity contribution in [3.05, 3.63) is 16.3 Å².